The van der Waals surface area contributed by atoms with Gasteiger partial charge in [0.2, 0.25) is 10.0 Å². The Morgan fingerprint density at radius 3 is 2.39 bits per heavy atom. The third kappa shape index (κ3) is 3.85. The van der Waals surface area contributed by atoms with Crippen molar-refractivity contribution in [3.8, 4) is 17.2 Å². The molecule has 0 aliphatic heterocycles. The highest BCUT2D eigenvalue weighted by Gasteiger charge is 2.20. The van der Waals surface area contributed by atoms with Crippen molar-refractivity contribution in [2.24, 2.45) is 0 Å². The molecule has 5 nitrogen and oxygen atoms in total. The van der Waals surface area contributed by atoms with Crippen LogP contribution in [0, 0.1) is 11.3 Å². The topological polar surface area (TPSA) is 74.9 Å². The Kier molecular flexibility index (Phi) is 5.13. The molecule has 0 saturated heterocycles. The van der Waals surface area contributed by atoms with Gasteiger partial charge in [-0.2, -0.15) is 5.26 Å². The number of hydrogen-bond acceptors (Lipinski definition) is 3. The number of nitrogens with one attached hydrogen (secondary N) is 1. The van der Waals surface area contributed by atoms with E-state index in [1.165, 1.54) is 18.2 Å². The number of aromatic nitrogens is 1. The van der Waals surface area contributed by atoms with Crippen molar-refractivity contribution >= 4 is 26.6 Å². The molecular weight excluding hydrogens is 384 g/mol. The summed E-state index contributed by atoms with van der Waals surface area (Å²) in [6, 6.07) is 11.2. The molecule has 2 aromatic carbocycles. The van der Waals surface area contributed by atoms with Gasteiger partial charge in [0.1, 0.15) is 0 Å². The van der Waals surface area contributed by atoms with Crippen LogP contribution in [0.25, 0.3) is 22.0 Å². The summed E-state index contributed by atoms with van der Waals surface area (Å²) in [4.78, 5) is 0. The van der Waals surface area contributed by atoms with Gasteiger partial charge in [-0.1, -0.05) is 12.1 Å². The van der Waals surface area contributed by atoms with Crippen molar-refractivity contribution in [3.05, 3.63) is 53.7 Å². The first-order chi connectivity index (χ1) is 13.1. The average Bonchev–Trinajstić information content (AvgIpc) is 2.98. The van der Waals surface area contributed by atoms with Crippen molar-refractivity contribution < 1.29 is 17.2 Å². The summed E-state index contributed by atoms with van der Waals surface area (Å²) in [6.07, 6.45) is 0.120. The molecule has 1 aromatic heterocycles. The first-order valence-electron chi connectivity index (χ1n) is 8.55. The number of fused-ring (bicyclic) bond motifs is 1. The number of hydrogen-bond donors (Lipinski definition) is 1. The molecule has 28 heavy (non-hydrogen) atoms. The minimum absolute atomic E-state index is 0.0260. The zero-order chi connectivity index (χ0) is 20.6. The summed E-state index contributed by atoms with van der Waals surface area (Å²) in [5.74, 6) is 0. The van der Waals surface area contributed by atoms with E-state index in [-0.39, 0.29) is 17.2 Å². The number of nitrogens with zero attached hydrogens (tertiary/aromatic N) is 2. The smallest absolute Gasteiger partial charge is 0.264 e. The molecule has 0 amide bonds. The number of rotatable bonds is 5. The molecular formula is C20H19F2N3O2S. The van der Waals surface area contributed by atoms with Crippen molar-refractivity contribution in [2.75, 3.05) is 11.0 Å². The number of nitriles is 1. The average molecular weight is 403 g/mol. The van der Waals surface area contributed by atoms with E-state index in [4.69, 9.17) is 5.26 Å². The van der Waals surface area contributed by atoms with E-state index in [1.807, 2.05) is 24.5 Å². The van der Waals surface area contributed by atoms with Gasteiger partial charge in [0, 0.05) is 28.8 Å². The highest BCUT2D eigenvalue weighted by molar-refractivity contribution is 7.92. The summed E-state index contributed by atoms with van der Waals surface area (Å²) in [6.45, 7) is 3.90. The van der Waals surface area contributed by atoms with Crippen LogP contribution in [0.3, 0.4) is 0 Å². The van der Waals surface area contributed by atoms with Gasteiger partial charge in [-0.3, -0.25) is 4.72 Å². The second kappa shape index (κ2) is 7.24. The van der Waals surface area contributed by atoms with Gasteiger partial charge in [0.15, 0.2) is 0 Å². The SMILES string of the molecule is CC(C)n1cc(-c2ccc(C#N)cc2C(F)F)c2ccc(NS(C)(=O)=O)cc21. The highest BCUT2D eigenvalue weighted by Crippen LogP contribution is 2.39. The van der Waals surface area contributed by atoms with Crippen LogP contribution in [0.5, 0.6) is 0 Å². The standard InChI is InChI=1S/C20H19F2N3O2S/c1-12(2)25-11-18(15-6-4-13(10-23)8-17(15)20(21)22)16-7-5-14(9-19(16)25)24-28(3,26)27/h4-9,11-12,20,24H,1-3H3. The first-order valence-corrected chi connectivity index (χ1v) is 10.4. The molecule has 0 unspecified atom stereocenters. The van der Waals surface area contributed by atoms with Gasteiger partial charge < -0.3 is 4.57 Å². The maximum Gasteiger partial charge on any atom is 0.264 e. The monoisotopic (exact) mass is 403 g/mol. The van der Waals surface area contributed by atoms with E-state index < -0.39 is 16.4 Å². The van der Waals surface area contributed by atoms with E-state index >= 15 is 0 Å². The zero-order valence-electron chi connectivity index (χ0n) is 15.6. The number of alkyl halides is 2. The molecule has 1 N–H and O–H groups in total. The molecule has 3 aromatic rings. The van der Waals surface area contributed by atoms with Gasteiger partial charge >= 0.3 is 0 Å². The summed E-state index contributed by atoms with van der Waals surface area (Å²) in [5, 5.41) is 9.74. The molecule has 3 rings (SSSR count). The molecule has 0 radical (unpaired) electrons. The predicted molar refractivity (Wildman–Crippen MR) is 106 cm³/mol. The first kappa shape index (κ1) is 19.8. The van der Waals surface area contributed by atoms with Gasteiger partial charge in [0.05, 0.1) is 29.1 Å². The lowest BCUT2D eigenvalue weighted by atomic mass is 9.97. The third-order valence-electron chi connectivity index (χ3n) is 4.40. The quantitative estimate of drug-likeness (QED) is 0.646. The van der Waals surface area contributed by atoms with Gasteiger partial charge in [-0.05, 0) is 43.7 Å². The maximum atomic E-state index is 13.7. The Morgan fingerprint density at radius 1 is 1.11 bits per heavy atom. The molecule has 0 saturated carbocycles. The summed E-state index contributed by atoms with van der Waals surface area (Å²) < 4.78 is 54.7. The number of anilines is 1. The molecule has 0 spiro atoms. The lowest BCUT2D eigenvalue weighted by Gasteiger charge is -2.10. The lowest BCUT2D eigenvalue weighted by Crippen LogP contribution is -2.09. The van der Waals surface area contributed by atoms with Gasteiger partial charge in [-0.15, -0.1) is 0 Å². The fourth-order valence-electron chi connectivity index (χ4n) is 3.23. The molecule has 0 aliphatic carbocycles. The lowest BCUT2D eigenvalue weighted by molar-refractivity contribution is 0.152. The van der Waals surface area contributed by atoms with Crippen LogP contribution in [0.15, 0.2) is 42.6 Å². The predicted octanol–water partition coefficient (Wildman–Crippen LogP) is 5.07. The summed E-state index contributed by atoms with van der Waals surface area (Å²) >= 11 is 0. The highest BCUT2D eigenvalue weighted by atomic mass is 32.2. The normalized spacial score (nSPS) is 11.9. The van der Waals surface area contributed by atoms with Crippen LogP contribution in [0.4, 0.5) is 14.5 Å². The fraction of sp³-hybridized carbons (Fsp3) is 0.250. The fourth-order valence-corrected chi connectivity index (χ4v) is 3.78. The Labute approximate surface area is 162 Å². The zero-order valence-corrected chi connectivity index (χ0v) is 16.4. The number of sulfonamides is 1. The largest absolute Gasteiger partial charge is 0.344 e. The van der Waals surface area contributed by atoms with Crippen molar-refractivity contribution in [2.45, 2.75) is 26.3 Å². The van der Waals surface area contributed by atoms with Crippen LogP contribution < -0.4 is 4.72 Å². The van der Waals surface area contributed by atoms with Crippen molar-refractivity contribution in [1.82, 2.24) is 4.57 Å². The Bertz CT molecular complexity index is 1190. The molecule has 0 aliphatic rings. The molecule has 0 bridgehead atoms. The summed E-state index contributed by atoms with van der Waals surface area (Å²) in [7, 11) is -3.44. The minimum Gasteiger partial charge on any atom is -0.344 e. The second-order valence-corrected chi connectivity index (χ2v) is 8.61. The minimum atomic E-state index is -3.44. The van der Waals surface area contributed by atoms with Crippen LogP contribution in [-0.2, 0) is 10.0 Å². The Balaban J connectivity index is 2.27. The van der Waals surface area contributed by atoms with Gasteiger partial charge in [0.25, 0.3) is 6.43 Å². The van der Waals surface area contributed by atoms with Crippen molar-refractivity contribution in [3.63, 3.8) is 0 Å². The van der Waals surface area contributed by atoms with Crippen molar-refractivity contribution in [1.29, 1.82) is 5.26 Å². The van der Waals surface area contributed by atoms with Crippen LogP contribution >= 0.6 is 0 Å². The molecule has 0 fully saturated rings. The third-order valence-corrected chi connectivity index (χ3v) is 5.01. The Morgan fingerprint density at radius 2 is 1.82 bits per heavy atom. The van der Waals surface area contributed by atoms with Crippen LogP contribution in [-0.4, -0.2) is 19.2 Å². The van der Waals surface area contributed by atoms with Crippen LogP contribution in [0.1, 0.15) is 37.4 Å². The number of halogens is 2. The van der Waals surface area contributed by atoms with E-state index in [0.29, 0.717) is 16.8 Å². The second-order valence-electron chi connectivity index (χ2n) is 6.86. The maximum absolute atomic E-state index is 13.7. The van der Waals surface area contributed by atoms with E-state index in [9.17, 15) is 17.2 Å². The van der Waals surface area contributed by atoms with E-state index in [0.717, 1.165) is 17.2 Å². The molecule has 1 heterocycles. The Hall–Kier alpha value is -2.92. The van der Waals surface area contributed by atoms with E-state index in [1.54, 1.807) is 24.4 Å². The molecule has 8 heteroatoms. The van der Waals surface area contributed by atoms with Gasteiger partial charge in [-0.25, -0.2) is 17.2 Å². The number of benzene rings is 2. The van der Waals surface area contributed by atoms with E-state index in [2.05, 4.69) is 4.72 Å². The molecule has 0 atom stereocenters. The molecule has 146 valence electrons. The summed E-state index contributed by atoms with van der Waals surface area (Å²) in [5.41, 5.74) is 2.04. The van der Waals surface area contributed by atoms with Crippen LogP contribution in [0.2, 0.25) is 0 Å².